The van der Waals surface area contributed by atoms with Crippen LogP contribution in [0.15, 0.2) is 24.3 Å². The smallest absolute Gasteiger partial charge is 0.237 e. The molecule has 1 aromatic rings. The molecule has 1 atom stereocenters. The van der Waals surface area contributed by atoms with Crippen molar-refractivity contribution in [3.8, 4) is 5.75 Å². The van der Waals surface area contributed by atoms with Crippen LogP contribution in [0.5, 0.6) is 5.75 Å². The van der Waals surface area contributed by atoms with Crippen LogP contribution < -0.4 is 15.4 Å². The fourth-order valence-corrected chi connectivity index (χ4v) is 2.25. The zero-order valence-electron chi connectivity index (χ0n) is 11.9. The number of amides is 1. The molecule has 1 fully saturated rings. The maximum Gasteiger partial charge on any atom is 0.237 e. The Labute approximate surface area is 126 Å². The summed E-state index contributed by atoms with van der Waals surface area (Å²) in [4.78, 5) is 11.8. The van der Waals surface area contributed by atoms with E-state index in [-0.39, 0.29) is 24.4 Å². The molecular formula is C15H23ClN2O2. The van der Waals surface area contributed by atoms with Crippen molar-refractivity contribution in [3.05, 3.63) is 29.8 Å². The van der Waals surface area contributed by atoms with Gasteiger partial charge in [-0.1, -0.05) is 18.6 Å². The van der Waals surface area contributed by atoms with Crippen molar-refractivity contribution >= 4 is 18.3 Å². The summed E-state index contributed by atoms with van der Waals surface area (Å²) in [7, 11) is 0. The summed E-state index contributed by atoms with van der Waals surface area (Å²) < 4.78 is 5.59. The summed E-state index contributed by atoms with van der Waals surface area (Å²) in [6, 6.07) is 7.90. The fourth-order valence-electron chi connectivity index (χ4n) is 2.25. The molecular weight excluding hydrogens is 276 g/mol. The fraction of sp³-hybridized carbons (Fsp3) is 0.533. The number of nitrogens with one attached hydrogen (secondary N) is 2. The van der Waals surface area contributed by atoms with Crippen LogP contribution >= 0.6 is 12.4 Å². The Bertz CT molecular complexity index is 420. The summed E-state index contributed by atoms with van der Waals surface area (Å²) in [5.41, 5.74) is 1.17. The number of rotatable bonds is 5. The molecule has 5 heteroatoms. The lowest BCUT2D eigenvalue weighted by Crippen LogP contribution is -2.47. The third-order valence-electron chi connectivity index (χ3n) is 3.29. The van der Waals surface area contributed by atoms with E-state index in [0.29, 0.717) is 13.2 Å². The average Bonchev–Trinajstić information content (AvgIpc) is 2.44. The van der Waals surface area contributed by atoms with Crippen molar-refractivity contribution in [2.75, 3.05) is 19.7 Å². The molecule has 0 spiro atoms. The van der Waals surface area contributed by atoms with Gasteiger partial charge in [0.25, 0.3) is 0 Å². The van der Waals surface area contributed by atoms with E-state index in [4.69, 9.17) is 4.74 Å². The highest BCUT2D eigenvalue weighted by molar-refractivity contribution is 5.85. The molecule has 112 valence electrons. The Hall–Kier alpha value is -1.26. The van der Waals surface area contributed by atoms with Gasteiger partial charge in [-0.15, -0.1) is 12.4 Å². The predicted molar refractivity (Wildman–Crippen MR) is 82.6 cm³/mol. The lowest BCUT2D eigenvalue weighted by atomic mass is 10.0. The molecule has 0 saturated carbocycles. The van der Waals surface area contributed by atoms with Gasteiger partial charge < -0.3 is 15.4 Å². The highest BCUT2D eigenvalue weighted by Crippen LogP contribution is 2.11. The van der Waals surface area contributed by atoms with E-state index < -0.39 is 0 Å². The van der Waals surface area contributed by atoms with Gasteiger partial charge in [-0.05, 0) is 44.0 Å². The van der Waals surface area contributed by atoms with Gasteiger partial charge in [0.2, 0.25) is 5.91 Å². The van der Waals surface area contributed by atoms with Gasteiger partial charge in [-0.2, -0.15) is 0 Å². The molecule has 0 radical (unpaired) electrons. The molecule has 0 bridgehead atoms. The zero-order valence-corrected chi connectivity index (χ0v) is 12.7. The molecule has 0 aromatic heterocycles. The number of piperidine rings is 1. The number of halogens is 1. The van der Waals surface area contributed by atoms with Crippen LogP contribution in [0.2, 0.25) is 0 Å². The predicted octanol–water partition coefficient (Wildman–Crippen LogP) is 2.05. The van der Waals surface area contributed by atoms with E-state index in [1.54, 1.807) is 0 Å². The second-order valence-corrected chi connectivity index (χ2v) is 4.96. The quantitative estimate of drug-likeness (QED) is 0.818. The zero-order chi connectivity index (χ0) is 13.5. The summed E-state index contributed by atoms with van der Waals surface area (Å²) >= 11 is 0. The minimum Gasteiger partial charge on any atom is -0.492 e. The summed E-state index contributed by atoms with van der Waals surface area (Å²) in [5, 5.41) is 6.14. The van der Waals surface area contributed by atoms with Crippen molar-refractivity contribution in [2.45, 2.75) is 32.2 Å². The number of ether oxygens (including phenoxy) is 1. The molecule has 0 aliphatic carbocycles. The van der Waals surface area contributed by atoms with Crippen LogP contribution in [-0.2, 0) is 4.79 Å². The van der Waals surface area contributed by atoms with Crippen molar-refractivity contribution < 1.29 is 9.53 Å². The van der Waals surface area contributed by atoms with Crippen LogP contribution in [0.4, 0.5) is 0 Å². The van der Waals surface area contributed by atoms with E-state index in [1.165, 1.54) is 12.0 Å². The molecule has 2 N–H and O–H groups in total. The Morgan fingerprint density at radius 2 is 2.30 bits per heavy atom. The van der Waals surface area contributed by atoms with Crippen molar-refractivity contribution in [1.82, 2.24) is 10.6 Å². The molecule has 1 aliphatic heterocycles. The Balaban J connectivity index is 0.00000200. The van der Waals surface area contributed by atoms with Gasteiger partial charge in [0, 0.05) is 0 Å². The topological polar surface area (TPSA) is 50.4 Å². The SMILES string of the molecule is Cc1cccc(OCCNC(=O)C2CCCCN2)c1.Cl. The third kappa shape index (κ3) is 5.39. The first-order valence-corrected chi connectivity index (χ1v) is 6.96. The number of benzene rings is 1. The largest absolute Gasteiger partial charge is 0.492 e. The first kappa shape index (κ1) is 16.8. The Morgan fingerprint density at radius 3 is 3.00 bits per heavy atom. The monoisotopic (exact) mass is 298 g/mol. The highest BCUT2D eigenvalue weighted by Gasteiger charge is 2.19. The minimum atomic E-state index is -0.0206. The second kappa shape index (κ2) is 8.82. The van der Waals surface area contributed by atoms with Gasteiger partial charge in [0.15, 0.2) is 0 Å². The molecule has 1 heterocycles. The summed E-state index contributed by atoms with van der Waals surface area (Å²) in [6.07, 6.45) is 3.23. The van der Waals surface area contributed by atoms with Crippen LogP contribution in [-0.4, -0.2) is 31.6 Å². The lowest BCUT2D eigenvalue weighted by molar-refractivity contribution is -0.123. The van der Waals surface area contributed by atoms with E-state index >= 15 is 0 Å². The highest BCUT2D eigenvalue weighted by atomic mass is 35.5. The third-order valence-corrected chi connectivity index (χ3v) is 3.29. The van der Waals surface area contributed by atoms with Crippen molar-refractivity contribution in [3.63, 3.8) is 0 Å². The van der Waals surface area contributed by atoms with E-state index in [0.717, 1.165) is 25.1 Å². The number of aryl methyl sites for hydroxylation is 1. The van der Waals surface area contributed by atoms with Gasteiger partial charge in [0.05, 0.1) is 12.6 Å². The molecule has 1 unspecified atom stereocenters. The molecule has 4 nitrogen and oxygen atoms in total. The molecule has 20 heavy (non-hydrogen) atoms. The normalized spacial score (nSPS) is 17.9. The van der Waals surface area contributed by atoms with E-state index in [2.05, 4.69) is 10.6 Å². The molecule has 1 aliphatic rings. The van der Waals surface area contributed by atoms with E-state index in [1.807, 2.05) is 31.2 Å². The molecule has 1 saturated heterocycles. The average molecular weight is 299 g/mol. The molecule has 2 rings (SSSR count). The van der Waals surface area contributed by atoms with Crippen molar-refractivity contribution in [1.29, 1.82) is 0 Å². The Morgan fingerprint density at radius 1 is 1.45 bits per heavy atom. The number of hydrogen-bond donors (Lipinski definition) is 2. The first-order valence-electron chi connectivity index (χ1n) is 6.96. The number of carbonyl (C=O) groups excluding carboxylic acids is 1. The Kier molecular flexibility index (Phi) is 7.41. The van der Waals surface area contributed by atoms with Gasteiger partial charge in [-0.3, -0.25) is 4.79 Å². The maximum atomic E-state index is 11.8. The number of hydrogen-bond acceptors (Lipinski definition) is 3. The van der Waals surface area contributed by atoms with Gasteiger partial charge >= 0.3 is 0 Å². The first-order chi connectivity index (χ1) is 9.25. The van der Waals surface area contributed by atoms with E-state index in [9.17, 15) is 4.79 Å². The summed E-state index contributed by atoms with van der Waals surface area (Å²) in [5.74, 6) is 0.942. The maximum absolute atomic E-state index is 11.8. The molecule has 1 aromatic carbocycles. The summed E-state index contributed by atoms with van der Waals surface area (Å²) in [6.45, 7) is 4.02. The lowest BCUT2D eigenvalue weighted by Gasteiger charge is -2.22. The van der Waals surface area contributed by atoms with Crippen molar-refractivity contribution in [2.24, 2.45) is 0 Å². The molecule has 1 amide bonds. The number of carbonyl (C=O) groups is 1. The van der Waals surface area contributed by atoms with Gasteiger partial charge in [-0.25, -0.2) is 0 Å². The standard InChI is InChI=1S/C15H22N2O2.ClH/c1-12-5-4-6-13(11-12)19-10-9-17-15(18)14-7-2-3-8-16-14;/h4-6,11,14,16H,2-3,7-10H2,1H3,(H,17,18);1H. The van der Waals surface area contributed by atoms with Crippen LogP contribution in [0, 0.1) is 6.92 Å². The second-order valence-electron chi connectivity index (χ2n) is 4.96. The van der Waals surface area contributed by atoms with Crippen LogP contribution in [0.25, 0.3) is 0 Å². The van der Waals surface area contributed by atoms with Crippen LogP contribution in [0.3, 0.4) is 0 Å². The van der Waals surface area contributed by atoms with Gasteiger partial charge in [0.1, 0.15) is 12.4 Å². The minimum absolute atomic E-state index is 0. The van der Waals surface area contributed by atoms with Crippen LogP contribution in [0.1, 0.15) is 24.8 Å².